The molecule has 0 fully saturated rings. The second-order valence-corrected chi connectivity index (χ2v) is 9.02. The van der Waals surface area contributed by atoms with Gasteiger partial charge in [-0.1, -0.05) is 31.2 Å². The fourth-order valence-electron chi connectivity index (χ4n) is 2.58. The van der Waals surface area contributed by atoms with Gasteiger partial charge in [-0.05, 0) is 57.6 Å². The molecule has 0 aliphatic rings. The van der Waals surface area contributed by atoms with Crippen molar-refractivity contribution in [3.8, 4) is 0 Å². The molecule has 142 valence electrons. The number of hydrogen-bond acceptors (Lipinski definition) is 4. The van der Waals surface area contributed by atoms with E-state index in [4.69, 9.17) is 4.74 Å². The standard InChI is InChI=1S/C18H29NO5S/c1-13(10-11-19-17(20)24-18(3,4)5)12-16(25(21,22)23)15-9-7-6-8-14(15)2/h6-9,13,16H,10-12H2,1-5H3,(H,19,20)(H,21,22,23). The van der Waals surface area contributed by atoms with Gasteiger partial charge in [0.1, 0.15) is 10.9 Å². The zero-order valence-corrected chi connectivity index (χ0v) is 16.4. The lowest BCUT2D eigenvalue weighted by atomic mass is 9.95. The lowest BCUT2D eigenvalue weighted by Gasteiger charge is -2.22. The second-order valence-electron chi connectivity index (χ2n) is 7.42. The zero-order valence-electron chi connectivity index (χ0n) is 15.6. The van der Waals surface area contributed by atoms with Crippen molar-refractivity contribution >= 4 is 16.2 Å². The maximum Gasteiger partial charge on any atom is 0.407 e. The van der Waals surface area contributed by atoms with E-state index in [0.29, 0.717) is 18.5 Å². The highest BCUT2D eigenvalue weighted by Gasteiger charge is 2.28. The molecule has 1 aromatic rings. The predicted octanol–water partition coefficient (Wildman–Crippen LogP) is 3.86. The first kappa shape index (κ1) is 21.4. The molecule has 1 amide bonds. The molecule has 1 aromatic carbocycles. The molecule has 2 atom stereocenters. The van der Waals surface area contributed by atoms with Gasteiger partial charge in [-0.3, -0.25) is 4.55 Å². The first-order valence-electron chi connectivity index (χ1n) is 8.39. The molecule has 0 spiro atoms. The third kappa shape index (κ3) is 7.88. The summed E-state index contributed by atoms with van der Waals surface area (Å²) in [7, 11) is -4.21. The molecule has 0 saturated heterocycles. The average molecular weight is 371 g/mol. The number of carbonyl (C=O) groups excluding carboxylic acids is 1. The van der Waals surface area contributed by atoms with Gasteiger partial charge in [0.25, 0.3) is 10.1 Å². The number of alkyl carbamates (subject to hydrolysis) is 1. The van der Waals surface area contributed by atoms with E-state index in [1.807, 2.05) is 26.0 Å². The molecule has 0 aliphatic carbocycles. The van der Waals surface area contributed by atoms with Gasteiger partial charge in [-0.2, -0.15) is 8.42 Å². The molecule has 25 heavy (non-hydrogen) atoms. The van der Waals surface area contributed by atoms with Crippen LogP contribution in [0.3, 0.4) is 0 Å². The monoisotopic (exact) mass is 371 g/mol. The summed E-state index contributed by atoms with van der Waals surface area (Å²) in [4.78, 5) is 11.6. The molecule has 0 radical (unpaired) electrons. The van der Waals surface area contributed by atoms with Gasteiger partial charge in [0.05, 0.1) is 0 Å². The van der Waals surface area contributed by atoms with Crippen molar-refractivity contribution in [1.82, 2.24) is 5.32 Å². The minimum Gasteiger partial charge on any atom is -0.444 e. The van der Waals surface area contributed by atoms with E-state index in [9.17, 15) is 17.8 Å². The minimum absolute atomic E-state index is 0.0125. The van der Waals surface area contributed by atoms with Crippen LogP contribution in [0.25, 0.3) is 0 Å². The Kier molecular flexibility index (Phi) is 7.44. The molecule has 0 bridgehead atoms. The summed E-state index contributed by atoms with van der Waals surface area (Å²) in [6.45, 7) is 9.45. The summed E-state index contributed by atoms with van der Waals surface area (Å²) in [5.41, 5.74) is 0.873. The van der Waals surface area contributed by atoms with E-state index < -0.39 is 27.1 Å². The first-order chi connectivity index (χ1) is 11.4. The number of carbonyl (C=O) groups is 1. The highest BCUT2D eigenvalue weighted by Crippen LogP contribution is 2.31. The Morgan fingerprint density at radius 3 is 2.40 bits per heavy atom. The van der Waals surface area contributed by atoms with Crippen molar-refractivity contribution < 1.29 is 22.5 Å². The molecule has 6 nitrogen and oxygen atoms in total. The molecule has 0 heterocycles. The number of aryl methyl sites for hydroxylation is 1. The number of nitrogens with one attached hydrogen (secondary N) is 1. The van der Waals surface area contributed by atoms with Crippen molar-refractivity contribution in [2.75, 3.05) is 6.54 Å². The van der Waals surface area contributed by atoms with Gasteiger partial charge >= 0.3 is 6.09 Å². The highest BCUT2D eigenvalue weighted by molar-refractivity contribution is 7.86. The largest absolute Gasteiger partial charge is 0.444 e. The summed E-state index contributed by atoms with van der Waals surface area (Å²) in [6.07, 6.45) is 0.363. The molecule has 0 aliphatic heterocycles. The maximum atomic E-state index is 11.8. The molecule has 0 aromatic heterocycles. The van der Waals surface area contributed by atoms with E-state index >= 15 is 0 Å². The molecule has 1 rings (SSSR count). The van der Waals surface area contributed by atoms with Crippen LogP contribution in [0.15, 0.2) is 24.3 Å². The van der Waals surface area contributed by atoms with Gasteiger partial charge in [0.2, 0.25) is 0 Å². The van der Waals surface area contributed by atoms with E-state index in [2.05, 4.69) is 5.32 Å². The van der Waals surface area contributed by atoms with Crippen LogP contribution in [-0.4, -0.2) is 31.2 Å². The summed E-state index contributed by atoms with van der Waals surface area (Å²) in [5, 5.41) is 1.69. The third-order valence-corrected chi connectivity index (χ3v) is 4.98. The minimum atomic E-state index is -4.21. The quantitative estimate of drug-likeness (QED) is 0.710. The smallest absolute Gasteiger partial charge is 0.407 e. The zero-order chi connectivity index (χ0) is 19.3. The van der Waals surface area contributed by atoms with Crippen LogP contribution in [-0.2, 0) is 14.9 Å². The molecule has 0 saturated carbocycles. The predicted molar refractivity (Wildman–Crippen MR) is 98.1 cm³/mol. The lowest BCUT2D eigenvalue weighted by Crippen LogP contribution is -2.33. The Bertz CT molecular complexity index is 679. The Balaban J connectivity index is 2.64. The first-order valence-corrected chi connectivity index (χ1v) is 9.89. The Morgan fingerprint density at radius 2 is 1.88 bits per heavy atom. The van der Waals surface area contributed by atoms with Crippen LogP contribution in [0.1, 0.15) is 56.9 Å². The number of hydrogen-bond donors (Lipinski definition) is 2. The molecular weight excluding hydrogens is 342 g/mol. The second kappa shape index (κ2) is 8.67. The van der Waals surface area contributed by atoms with Crippen LogP contribution < -0.4 is 5.32 Å². The topological polar surface area (TPSA) is 92.7 Å². The Labute approximate surface area is 150 Å². The van der Waals surface area contributed by atoms with Crippen molar-refractivity contribution in [2.24, 2.45) is 5.92 Å². The van der Waals surface area contributed by atoms with Gasteiger partial charge in [0, 0.05) is 6.54 Å². The van der Waals surface area contributed by atoms with E-state index in [1.165, 1.54) is 0 Å². The Morgan fingerprint density at radius 1 is 1.28 bits per heavy atom. The van der Waals surface area contributed by atoms with Crippen molar-refractivity contribution in [2.45, 2.75) is 58.3 Å². The van der Waals surface area contributed by atoms with Crippen LogP contribution in [0, 0.1) is 12.8 Å². The molecule has 2 N–H and O–H groups in total. The van der Waals surface area contributed by atoms with Crippen LogP contribution in [0.4, 0.5) is 4.79 Å². The summed E-state index contributed by atoms with van der Waals surface area (Å²) in [5.74, 6) is -0.0125. The van der Waals surface area contributed by atoms with Crippen LogP contribution >= 0.6 is 0 Å². The molecule has 7 heteroatoms. The Hall–Kier alpha value is -1.60. The van der Waals surface area contributed by atoms with Crippen molar-refractivity contribution in [3.05, 3.63) is 35.4 Å². The molecular formula is C18H29NO5S. The van der Waals surface area contributed by atoms with Crippen LogP contribution in [0.2, 0.25) is 0 Å². The lowest BCUT2D eigenvalue weighted by molar-refractivity contribution is 0.0525. The van der Waals surface area contributed by atoms with Crippen molar-refractivity contribution in [1.29, 1.82) is 0 Å². The maximum absolute atomic E-state index is 11.8. The number of rotatable bonds is 7. The average Bonchev–Trinajstić information content (AvgIpc) is 2.42. The normalized spacial score (nSPS) is 14.6. The fraction of sp³-hybridized carbons (Fsp3) is 0.611. The van der Waals surface area contributed by atoms with Crippen LogP contribution in [0.5, 0.6) is 0 Å². The summed E-state index contributed by atoms with van der Waals surface area (Å²) in [6, 6.07) is 7.13. The number of ether oxygens (including phenoxy) is 1. The molecule has 2 unspecified atom stereocenters. The van der Waals surface area contributed by atoms with E-state index in [-0.39, 0.29) is 12.3 Å². The van der Waals surface area contributed by atoms with E-state index in [1.54, 1.807) is 32.9 Å². The van der Waals surface area contributed by atoms with Crippen molar-refractivity contribution in [3.63, 3.8) is 0 Å². The fourth-order valence-corrected chi connectivity index (χ4v) is 3.73. The van der Waals surface area contributed by atoms with Gasteiger partial charge in [-0.15, -0.1) is 0 Å². The van der Waals surface area contributed by atoms with E-state index in [0.717, 1.165) is 5.56 Å². The van der Waals surface area contributed by atoms with Gasteiger partial charge in [0.15, 0.2) is 0 Å². The number of amides is 1. The van der Waals surface area contributed by atoms with Gasteiger partial charge in [-0.25, -0.2) is 4.79 Å². The summed E-state index contributed by atoms with van der Waals surface area (Å²) < 4.78 is 38.4. The highest BCUT2D eigenvalue weighted by atomic mass is 32.2. The SMILES string of the molecule is Cc1ccccc1C(CC(C)CCNC(=O)OC(C)(C)C)S(=O)(=O)O. The number of benzene rings is 1. The third-order valence-electron chi connectivity index (χ3n) is 3.82. The van der Waals surface area contributed by atoms with Gasteiger partial charge < -0.3 is 10.1 Å². The summed E-state index contributed by atoms with van der Waals surface area (Å²) >= 11 is 0.